The number of aromatic nitrogens is 5. The highest BCUT2D eigenvalue weighted by Crippen LogP contribution is 2.19. The lowest BCUT2D eigenvalue weighted by Crippen LogP contribution is -2.09. The second kappa shape index (κ2) is 5.15. The predicted molar refractivity (Wildman–Crippen MR) is 74.4 cm³/mol. The molecule has 3 heterocycles. The molecule has 3 aromatic heterocycles. The molecule has 19 heavy (non-hydrogen) atoms. The Morgan fingerprint density at radius 1 is 1.32 bits per heavy atom. The van der Waals surface area contributed by atoms with Gasteiger partial charge in [0.25, 0.3) is 5.95 Å². The van der Waals surface area contributed by atoms with E-state index < -0.39 is 0 Å². The fraction of sp³-hybridized carbons (Fsp3) is 0.167. The molecule has 0 aromatic carbocycles. The van der Waals surface area contributed by atoms with Gasteiger partial charge in [-0.25, -0.2) is 4.68 Å². The maximum Gasteiger partial charge on any atom is 0.255 e. The van der Waals surface area contributed by atoms with E-state index >= 15 is 0 Å². The highest BCUT2D eigenvalue weighted by molar-refractivity contribution is 7.08. The van der Waals surface area contributed by atoms with Crippen molar-refractivity contribution in [1.29, 1.82) is 0 Å². The van der Waals surface area contributed by atoms with Crippen LogP contribution in [0.1, 0.15) is 6.92 Å². The van der Waals surface area contributed by atoms with Gasteiger partial charge in [-0.15, -0.1) is 0 Å². The molecule has 0 bridgehead atoms. The van der Waals surface area contributed by atoms with Crippen molar-refractivity contribution in [1.82, 2.24) is 24.7 Å². The van der Waals surface area contributed by atoms with E-state index in [4.69, 9.17) is 0 Å². The summed E-state index contributed by atoms with van der Waals surface area (Å²) < 4.78 is 1.62. The summed E-state index contributed by atoms with van der Waals surface area (Å²) in [5.74, 6) is 1.72. The number of nitrogens with zero attached hydrogens (tertiary/aromatic N) is 5. The highest BCUT2D eigenvalue weighted by Gasteiger charge is 2.10. The van der Waals surface area contributed by atoms with Crippen LogP contribution in [0.2, 0.25) is 0 Å². The van der Waals surface area contributed by atoms with Crippen molar-refractivity contribution in [2.75, 3.05) is 11.9 Å². The Bertz CT molecular complexity index is 594. The zero-order valence-corrected chi connectivity index (χ0v) is 11.1. The minimum absolute atomic E-state index is 0.511. The average molecular weight is 272 g/mol. The van der Waals surface area contributed by atoms with Crippen molar-refractivity contribution in [2.24, 2.45) is 0 Å². The average Bonchev–Trinajstić information content (AvgIpc) is 3.12. The Morgan fingerprint density at radius 2 is 2.26 bits per heavy atom. The maximum absolute atomic E-state index is 4.45. The minimum atomic E-state index is 0.511. The van der Waals surface area contributed by atoms with Crippen LogP contribution in [0.4, 0.5) is 5.95 Å². The highest BCUT2D eigenvalue weighted by atomic mass is 32.1. The van der Waals surface area contributed by atoms with Gasteiger partial charge in [0.2, 0.25) is 5.95 Å². The third-order valence-electron chi connectivity index (χ3n) is 2.45. The number of anilines is 1. The Balaban J connectivity index is 2.09. The van der Waals surface area contributed by atoms with Gasteiger partial charge in [-0.3, -0.25) is 0 Å². The molecule has 0 unspecified atom stereocenters. The molecule has 96 valence electrons. The molecule has 0 fully saturated rings. The standard InChI is InChI=1S/C12H12N6S/c1-2-13-11-15-10(9-4-7-19-8-9)16-12(17-11)18-6-3-5-14-18/h3-8H,2H2,1H3,(H,13,15,16,17). The minimum Gasteiger partial charge on any atom is -0.354 e. The quantitative estimate of drug-likeness (QED) is 0.788. The summed E-state index contributed by atoms with van der Waals surface area (Å²) in [7, 11) is 0. The maximum atomic E-state index is 4.45. The molecule has 0 atom stereocenters. The molecule has 0 saturated carbocycles. The van der Waals surface area contributed by atoms with Crippen molar-refractivity contribution in [2.45, 2.75) is 6.92 Å². The van der Waals surface area contributed by atoms with Crippen LogP contribution in [-0.2, 0) is 0 Å². The fourth-order valence-electron chi connectivity index (χ4n) is 1.61. The van der Waals surface area contributed by atoms with Gasteiger partial charge in [0, 0.05) is 29.9 Å². The molecule has 0 radical (unpaired) electrons. The van der Waals surface area contributed by atoms with Crippen LogP contribution in [0, 0.1) is 0 Å². The first-order chi connectivity index (χ1) is 9.36. The molecule has 6 nitrogen and oxygen atoms in total. The van der Waals surface area contributed by atoms with Crippen molar-refractivity contribution < 1.29 is 0 Å². The zero-order chi connectivity index (χ0) is 13.1. The fourth-order valence-corrected chi connectivity index (χ4v) is 2.25. The van der Waals surface area contributed by atoms with E-state index in [-0.39, 0.29) is 0 Å². The smallest absolute Gasteiger partial charge is 0.255 e. The topological polar surface area (TPSA) is 68.5 Å². The lowest BCUT2D eigenvalue weighted by Gasteiger charge is -2.06. The van der Waals surface area contributed by atoms with E-state index in [0.717, 1.165) is 12.1 Å². The summed E-state index contributed by atoms with van der Waals surface area (Å²) in [6.07, 6.45) is 3.50. The molecular formula is C12H12N6S. The number of nitrogens with one attached hydrogen (secondary N) is 1. The molecule has 0 aliphatic heterocycles. The third-order valence-corrected chi connectivity index (χ3v) is 3.13. The Kier molecular flexibility index (Phi) is 3.20. The van der Waals surface area contributed by atoms with E-state index in [2.05, 4.69) is 25.4 Å². The summed E-state index contributed by atoms with van der Waals surface area (Å²) in [6, 6.07) is 3.82. The van der Waals surface area contributed by atoms with Crippen molar-refractivity contribution in [3.8, 4) is 17.3 Å². The lowest BCUT2D eigenvalue weighted by molar-refractivity contribution is 0.798. The molecule has 0 saturated heterocycles. The van der Waals surface area contributed by atoms with Gasteiger partial charge >= 0.3 is 0 Å². The van der Waals surface area contributed by atoms with Gasteiger partial charge < -0.3 is 5.32 Å². The van der Waals surface area contributed by atoms with E-state index in [1.807, 2.05) is 36.0 Å². The van der Waals surface area contributed by atoms with Crippen LogP contribution in [0.15, 0.2) is 35.3 Å². The van der Waals surface area contributed by atoms with Gasteiger partial charge in [0.05, 0.1) is 0 Å². The van der Waals surface area contributed by atoms with Crippen LogP contribution < -0.4 is 5.32 Å². The van der Waals surface area contributed by atoms with Crippen LogP contribution in [0.25, 0.3) is 17.3 Å². The molecule has 3 aromatic rings. The Hall–Kier alpha value is -2.28. The van der Waals surface area contributed by atoms with Gasteiger partial charge in [-0.05, 0) is 24.4 Å². The number of rotatable bonds is 4. The normalized spacial score (nSPS) is 10.6. The Morgan fingerprint density at radius 3 is 2.95 bits per heavy atom. The summed E-state index contributed by atoms with van der Waals surface area (Å²) in [6.45, 7) is 2.76. The number of thiophene rings is 1. The third kappa shape index (κ3) is 2.45. The van der Waals surface area contributed by atoms with Crippen molar-refractivity contribution in [3.63, 3.8) is 0 Å². The first-order valence-electron chi connectivity index (χ1n) is 5.89. The molecule has 0 aliphatic carbocycles. The van der Waals surface area contributed by atoms with Crippen LogP contribution >= 0.6 is 11.3 Å². The van der Waals surface area contributed by atoms with Crippen LogP contribution in [0.5, 0.6) is 0 Å². The lowest BCUT2D eigenvalue weighted by atomic mass is 10.3. The summed E-state index contributed by atoms with van der Waals surface area (Å²) in [5, 5.41) is 11.3. The molecular weight excluding hydrogens is 260 g/mol. The van der Waals surface area contributed by atoms with E-state index in [1.54, 1.807) is 22.2 Å². The summed E-state index contributed by atoms with van der Waals surface area (Å²) >= 11 is 1.61. The van der Waals surface area contributed by atoms with Crippen LogP contribution in [-0.4, -0.2) is 31.3 Å². The van der Waals surface area contributed by atoms with E-state index in [0.29, 0.717) is 17.7 Å². The van der Waals surface area contributed by atoms with Gasteiger partial charge in [0.1, 0.15) is 0 Å². The second-order valence-corrected chi connectivity index (χ2v) is 4.56. The zero-order valence-electron chi connectivity index (χ0n) is 10.3. The summed E-state index contributed by atoms with van der Waals surface area (Å²) in [4.78, 5) is 13.2. The van der Waals surface area contributed by atoms with Gasteiger partial charge in [0.15, 0.2) is 5.82 Å². The molecule has 7 heteroatoms. The van der Waals surface area contributed by atoms with Crippen molar-refractivity contribution in [3.05, 3.63) is 35.3 Å². The first-order valence-corrected chi connectivity index (χ1v) is 6.83. The van der Waals surface area contributed by atoms with Crippen molar-refractivity contribution >= 4 is 17.3 Å². The largest absolute Gasteiger partial charge is 0.354 e. The van der Waals surface area contributed by atoms with Crippen LogP contribution in [0.3, 0.4) is 0 Å². The molecule has 3 rings (SSSR count). The van der Waals surface area contributed by atoms with E-state index in [1.165, 1.54) is 0 Å². The Labute approximate surface area is 114 Å². The molecule has 0 aliphatic rings. The molecule has 0 spiro atoms. The summed E-state index contributed by atoms with van der Waals surface area (Å²) in [5.41, 5.74) is 0.986. The van der Waals surface area contributed by atoms with E-state index in [9.17, 15) is 0 Å². The monoisotopic (exact) mass is 272 g/mol. The second-order valence-electron chi connectivity index (χ2n) is 3.78. The van der Waals surface area contributed by atoms with Gasteiger partial charge in [-0.1, -0.05) is 0 Å². The predicted octanol–water partition coefficient (Wildman–Crippen LogP) is 2.22. The number of hydrogen-bond acceptors (Lipinski definition) is 6. The molecule has 1 N–H and O–H groups in total. The van der Waals surface area contributed by atoms with Gasteiger partial charge in [-0.2, -0.15) is 31.4 Å². The first kappa shape index (κ1) is 11.8. The molecule has 0 amide bonds. The number of hydrogen-bond donors (Lipinski definition) is 1. The SMILES string of the molecule is CCNc1nc(-c2ccsc2)nc(-n2cccn2)n1.